The Hall–Kier alpha value is -1.78. The number of carbonyl (C=O) groups excluding carboxylic acids is 1. The van der Waals surface area contributed by atoms with Gasteiger partial charge in [0.05, 0.1) is 17.6 Å². The number of hydrogen-bond acceptors (Lipinski definition) is 4. The number of anilines is 2. The molecule has 0 spiro atoms. The second-order valence-corrected chi connectivity index (χ2v) is 3.33. The van der Waals surface area contributed by atoms with Crippen LogP contribution in [-0.2, 0) is 4.79 Å². The van der Waals surface area contributed by atoms with Gasteiger partial charge < -0.3 is 16.4 Å². The van der Waals surface area contributed by atoms with Crippen LogP contribution in [0.1, 0.15) is 6.42 Å². The van der Waals surface area contributed by atoms with E-state index in [0.29, 0.717) is 5.69 Å². The summed E-state index contributed by atoms with van der Waals surface area (Å²) in [5.41, 5.74) is 12.4. The van der Waals surface area contributed by atoms with E-state index in [0.717, 1.165) is 18.7 Å². The molecule has 5 heteroatoms. The molecule has 4 N–H and O–H groups in total. The molecule has 1 amide bonds. The first-order valence-electron chi connectivity index (χ1n) is 4.45. The average molecular weight is 192 g/mol. The van der Waals surface area contributed by atoms with Crippen LogP contribution in [0.3, 0.4) is 0 Å². The predicted molar refractivity (Wildman–Crippen MR) is 53.6 cm³/mol. The number of carbonyl (C=O) groups is 1. The molecular formula is C9H12N4O. The average Bonchev–Trinajstić information content (AvgIpc) is 2.05. The molecule has 1 fully saturated rings. The van der Waals surface area contributed by atoms with E-state index < -0.39 is 0 Å². The standard InChI is InChI=1S/C9H12N4O/c10-6-5-12-3-1-7(6)13-4-2-8(13)9(11)14/h1,3,5,8H,2,4,10H2,(H2,11,14). The summed E-state index contributed by atoms with van der Waals surface area (Å²) in [6.45, 7) is 0.821. The van der Waals surface area contributed by atoms with Gasteiger partial charge in [-0.3, -0.25) is 9.78 Å². The van der Waals surface area contributed by atoms with Crippen molar-refractivity contribution in [2.45, 2.75) is 12.5 Å². The lowest BCUT2D eigenvalue weighted by molar-refractivity contribution is -0.120. The molecule has 1 aromatic heterocycles. The fourth-order valence-electron chi connectivity index (χ4n) is 1.63. The number of nitrogen functional groups attached to an aromatic ring is 1. The molecule has 0 bridgehead atoms. The fraction of sp³-hybridized carbons (Fsp3) is 0.333. The summed E-state index contributed by atoms with van der Waals surface area (Å²) in [7, 11) is 0. The van der Waals surface area contributed by atoms with Gasteiger partial charge in [-0.15, -0.1) is 0 Å². The molecule has 1 unspecified atom stereocenters. The molecule has 1 aliphatic heterocycles. The smallest absolute Gasteiger partial charge is 0.240 e. The molecule has 0 aromatic carbocycles. The van der Waals surface area contributed by atoms with Crippen molar-refractivity contribution in [2.24, 2.45) is 5.73 Å². The summed E-state index contributed by atoms with van der Waals surface area (Å²) in [6, 6.07) is 1.59. The first kappa shape index (κ1) is 8.80. The molecule has 2 heterocycles. The summed E-state index contributed by atoms with van der Waals surface area (Å²) in [5, 5.41) is 0. The molecule has 0 aliphatic carbocycles. The minimum absolute atomic E-state index is 0.209. The maximum Gasteiger partial charge on any atom is 0.240 e. The highest BCUT2D eigenvalue weighted by molar-refractivity contribution is 5.87. The fourth-order valence-corrected chi connectivity index (χ4v) is 1.63. The van der Waals surface area contributed by atoms with Crippen LogP contribution in [0.5, 0.6) is 0 Å². The molecule has 14 heavy (non-hydrogen) atoms. The molecular weight excluding hydrogens is 180 g/mol. The van der Waals surface area contributed by atoms with E-state index in [-0.39, 0.29) is 11.9 Å². The van der Waals surface area contributed by atoms with Gasteiger partial charge >= 0.3 is 0 Å². The maximum atomic E-state index is 11.0. The zero-order valence-corrected chi connectivity index (χ0v) is 7.68. The van der Waals surface area contributed by atoms with E-state index in [2.05, 4.69) is 4.98 Å². The summed E-state index contributed by atoms with van der Waals surface area (Å²) in [5.74, 6) is -0.299. The highest BCUT2D eigenvalue weighted by atomic mass is 16.1. The normalized spacial score (nSPS) is 20.3. The van der Waals surface area contributed by atoms with E-state index in [4.69, 9.17) is 11.5 Å². The van der Waals surface area contributed by atoms with Gasteiger partial charge in [0, 0.05) is 12.7 Å². The van der Waals surface area contributed by atoms with Crippen molar-refractivity contribution in [3.05, 3.63) is 18.5 Å². The number of rotatable bonds is 2. The van der Waals surface area contributed by atoms with Gasteiger partial charge in [-0.25, -0.2) is 0 Å². The van der Waals surface area contributed by atoms with Crippen molar-refractivity contribution in [3.63, 3.8) is 0 Å². The van der Waals surface area contributed by atoms with Gasteiger partial charge in [0.15, 0.2) is 0 Å². The second-order valence-electron chi connectivity index (χ2n) is 3.33. The summed E-state index contributed by atoms with van der Waals surface area (Å²) < 4.78 is 0. The quantitative estimate of drug-likeness (QED) is 0.675. The molecule has 0 saturated carbocycles. The monoisotopic (exact) mass is 192 g/mol. The molecule has 1 saturated heterocycles. The van der Waals surface area contributed by atoms with E-state index in [1.807, 2.05) is 4.90 Å². The van der Waals surface area contributed by atoms with Crippen molar-refractivity contribution in [1.82, 2.24) is 4.98 Å². The Labute approximate surface area is 81.7 Å². The minimum Gasteiger partial charge on any atom is -0.396 e. The zero-order valence-electron chi connectivity index (χ0n) is 7.68. The Kier molecular flexibility index (Phi) is 1.99. The van der Waals surface area contributed by atoms with Gasteiger partial charge in [0.1, 0.15) is 6.04 Å². The summed E-state index contributed by atoms with van der Waals surface area (Å²) in [4.78, 5) is 16.8. The minimum atomic E-state index is -0.299. The van der Waals surface area contributed by atoms with Crippen molar-refractivity contribution < 1.29 is 4.79 Å². The van der Waals surface area contributed by atoms with Crippen LogP contribution in [-0.4, -0.2) is 23.5 Å². The molecule has 74 valence electrons. The Bertz CT molecular complexity index is 366. The van der Waals surface area contributed by atoms with Crippen molar-refractivity contribution in [3.8, 4) is 0 Å². The second kappa shape index (κ2) is 3.17. The molecule has 2 rings (SSSR count). The maximum absolute atomic E-state index is 11.0. The van der Waals surface area contributed by atoms with E-state index in [1.54, 1.807) is 18.5 Å². The molecule has 1 atom stereocenters. The van der Waals surface area contributed by atoms with Gasteiger partial charge in [0.2, 0.25) is 5.91 Å². The number of nitrogens with two attached hydrogens (primary N) is 2. The topological polar surface area (TPSA) is 85.2 Å². The van der Waals surface area contributed by atoms with Gasteiger partial charge in [-0.05, 0) is 12.5 Å². The van der Waals surface area contributed by atoms with E-state index >= 15 is 0 Å². The number of aromatic nitrogens is 1. The van der Waals surface area contributed by atoms with Gasteiger partial charge in [-0.2, -0.15) is 0 Å². The van der Waals surface area contributed by atoms with Crippen LogP contribution < -0.4 is 16.4 Å². The van der Waals surface area contributed by atoms with Crippen molar-refractivity contribution in [1.29, 1.82) is 0 Å². The van der Waals surface area contributed by atoms with Crippen molar-refractivity contribution in [2.75, 3.05) is 17.2 Å². The van der Waals surface area contributed by atoms with Crippen LogP contribution in [0, 0.1) is 0 Å². The molecule has 5 nitrogen and oxygen atoms in total. The molecule has 0 radical (unpaired) electrons. The number of amides is 1. The lowest BCUT2D eigenvalue weighted by Gasteiger charge is -2.41. The first-order chi connectivity index (χ1) is 6.70. The van der Waals surface area contributed by atoms with Crippen LogP contribution in [0.15, 0.2) is 18.5 Å². The van der Waals surface area contributed by atoms with E-state index in [9.17, 15) is 4.79 Å². The van der Waals surface area contributed by atoms with Crippen molar-refractivity contribution >= 4 is 17.3 Å². The van der Waals surface area contributed by atoms with Crippen LogP contribution in [0.25, 0.3) is 0 Å². The summed E-state index contributed by atoms with van der Waals surface area (Å²) in [6.07, 6.45) is 4.03. The van der Waals surface area contributed by atoms with Crippen LogP contribution >= 0.6 is 0 Å². The highest BCUT2D eigenvalue weighted by Gasteiger charge is 2.33. The molecule has 1 aromatic rings. The Morgan fingerprint density at radius 3 is 2.93 bits per heavy atom. The largest absolute Gasteiger partial charge is 0.396 e. The number of nitrogens with zero attached hydrogens (tertiary/aromatic N) is 2. The Morgan fingerprint density at radius 1 is 1.64 bits per heavy atom. The third-order valence-corrected chi connectivity index (χ3v) is 2.49. The first-order valence-corrected chi connectivity index (χ1v) is 4.45. The third-order valence-electron chi connectivity index (χ3n) is 2.49. The van der Waals surface area contributed by atoms with E-state index in [1.165, 1.54) is 0 Å². The number of pyridine rings is 1. The summed E-state index contributed by atoms with van der Waals surface area (Å²) >= 11 is 0. The van der Waals surface area contributed by atoms with Gasteiger partial charge in [-0.1, -0.05) is 0 Å². The lowest BCUT2D eigenvalue weighted by atomic mass is 10.0. The highest BCUT2D eigenvalue weighted by Crippen LogP contribution is 2.30. The number of hydrogen-bond donors (Lipinski definition) is 2. The SMILES string of the molecule is NC(=O)C1CCN1c1ccncc1N. The van der Waals surface area contributed by atoms with Crippen LogP contribution in [0.2, 0.25) is 0 Å². The Balaban J connectivity index is 2.24. The van der Waals surface area contributed by atoms with Crippen LogP contribution in [0.4, 0.5) is 11.4 Å². The third kappa shape index (κ3) is 1.26. The predicted octanol–water partition coefficient (Wildman–Crippen LogP) is -0.272. The molecule has 1 aliphatic rings. The number of primary amides is 1. The van der Waals surface area contributed by atoms with Gasteiger partial charge in [0.25, 0.3) is 0 Å². The zero-order chi connectivity index (χ0) is 10.1. The Morgan fingerprint density at radius 2 is 2.43 bits per heavy atom. The lowest BCUT2D eigenvalue weighted by Crippen LogP contribution is -2.55.